The van der Waals surface area contributed by atoms with E-state index in [-0.39, 0.29) is 6.10 Å². The van der Waals surface area contributed by atoms with Crippen LogP contribution in [0, 0.1) is 0 Å². The van der Waals surface area contributed by atoms with Crippen molar-refractivity contribution in [2.45, 2.75) is 26.1 Å². The van der Waals surface area contributed by atoms with Gasteiger partial charge in [0.2, 0.25) is 0 Å². The summed E-state index contributed by atoms with van der Waals surface area (Å²) in [7, 11) is 0. The number of hydrogen-bond acceptors (Lipinski definition) is 2. The number of nitrogens with one attached hydrogen (secondary N) is 2. The van der Waals surface area contributed by atoms with Gasteiger partial charge in [-0.1, -0.05) is 12.1 Å². The van der Waals surface area contributed by atoms with Crippen LogP contribution in [0.3, 0.4) is 0 Å². The molecule has 0 spiro atoms. The molecule has 0 bridgehead atoms. The number of carbonyl (C=O) groups is 1. The van der Waals surface area contributed by atoms with Gasteiger partial charge in [-0.15, -0.1) is 0 Å². The Labute approximate surface area is 148 Å². The van der Waals surface area contributed by atoms with E-state index in [1.165, 1.54) is 12.1 Å². The van der Waals surface area contributed by atoms with Gasteiger partial charge in [-0.2, -0.15) is 13.2 Å². The number of rotatable bonds is 3. The second-order valence-corrected chi connectivity index (χ2v) is 6.14. The number of benzene rings is 2. The molecule has 0 aliphatic carbocycles. The Morgan fingerprint density at radius 2 is 1.77 bits per heavy atom. The SMILES string of the molecule is CC(C)OC(=O)Nc1ccc2[nH]c(-c3ccc(C(F)(F)F)cc3)cc2c1. The molecule has 0 fully saturated rings. The van der Waals surface area contributed by atoms with E-state index in [1.54, 1.807) is 32.0 Å². The third kappa shape index (κ3) is 3.99. The third-order valence-corrected chi connectivity index (χ3v) is 3.73. The molecule has 0 saturated carbocycles. The van der Waals surface area contributed by atoms with Crippen molar-refractivity contribution in [3.05, 3.63) is 54.1 Å². The molecule has 4 nitrogen and oxygen atoms in total. The second kappa shape index (κ2) is 6.74. The summed E-state index contributed by atoms with van der Waals surface area (Å²) >= 11 is 0. The lowest BCUT2D eigenvalue weighted by Gasteiger charge is -2.09. The van der Waals surface area contributed by atoms with Gasteiger partial charge in [0.05, 0.1) is 11.7 Å². The molecule has 0 saturated heterocycles. The molecule has 1 heterocycles. The van der Waals surface area contributed by atoms with Crippen molar-refractivity contribution in [3.8, 4) is 11.3 Å². The van der Waals surface area contributed by atoms with Crippen LogP contribution in [0.5, 0.6) is 0 Å². The first-order valence-corrected chi connectivity index (χ1v) is 8.00. The number of anilines is 1. The van der Waals surface area contributed by atoms with Gasteiger partial charge in [-0.25, -0.2) is 4.79 Å². The lowest BCUT2D eigenvalue weighted by molar-refractivity contribution is -0.137. The number of aromatic nitrogens is 1. The van der Waals surface area contributed by atoms with Crippen molar-refractivity contribution in [3.63, 3.8) is 0 Å². The number of alkyl halides is 3. The van der Waals surface area contributed by atoms with E-state index in [2.05, 4.69) is 10.3 Å². The summed E-state index contributed by atoms with van der Waals surface area (Å²) in [5, 5.41) is 3.46. The fraction of sp³-hybridized carbons (Fsp3) is 0.211. The van der Waals surface area contributed by atoms with Crippen LogP contribution in [-0.4, -0.2) is 17.2 Å². The Bertz CT molecular complexity index is 928. The molecule has 3 aromatic rings. The zero-order valence-corrected chi connectivity index (χ0v) is 14.1. The largest absolute Gasteiger partial charge is 0.447 e. The van der Waals surface area contributed by atoms with Gasteiger partial charge in [0.1, 0.15) is 0 Å². The topological polar surface area (TPSA) is 54.1 Å². The summed E-state index contributed by atoms with van der Waals surface area (Å²) < 4.78 is 43.0. The molecule has 0 radical (unpaired) electrons. The van der Waals surface area contributed by atoms with Crippen LogP contribution in [0.4, 0.5) is 23.7 Å². The number of ether oxygens (including phenoxy) is 1. The molecule has 0 aliphatic heterocycles. The molecule has 1 amide bonds. The standard InChI is InChI=1S/C19H17F3N2O2/c1-11(2)26-18(25)23-15-7-8-16-13(9-15)10-17(24-16)12-3-5-14(6-4-12)19(20,21)22/h3-11,24H,1-2H3,(H,23,25). The number of fused-ring (bicyclic) bond motifs is 1. The van der Waals surface area contributed by atoms with Crippen molar-refractivity contribution in [2.75, 3.05) is 5.32 Å². The number of carbonyl (C=O) groups excluding carboxylic acids is 1. The summed E-state index contributed by atoms with van der Waals surface area (Å²) in [5.41, 5.74) is 2.02. The zero-order valence-electron chi connectivity index (χ0n) is 14.1. The number of hydrogen-bond donors (Lipinski definition) is 2. The summed E-state index contributed by atoms with van der Waals surface area (Å²) in [5.74, 6) is 0. The Morgan fingerprint density at radius 3 is 2.38 bits per heavy atom. The molecule has 26 heavy (non-hydrogen) atoms. The number of halogens is 3. The highest BCUT2D eigenvalue weighted by Gasteiger charge is 2.30. The molecule has 3 rings (SSSR count). The monoisotopic (exact) mass is 362 g/mol. The number of aromatic amines is 1. The average molecular weight is 362 g/mol. The minimum absolute atomic E-state index is 0.225. The summed E-state index contributed by atoms with van der Waals surface area (Å²) in [6.45, 7) is 3.51. The van der Waals surface area contributed by atoms with Crippen LogP contribution in [-0.2, 0) is 10.9 Å². The Hall–Kier alpha value is -2.96. The molecule has 2 aromatic carbocycles. The molecular weight excluding hydrogens is 345 g/mol. The molecule has 2 N–H and O–H groups in total. The fourth-order valence-electron chi connectivity index (χ4n) is 2.57. The maximum absolute atomic E-state index is 12.7. The van der Waals surface area contributed by atoms with E-state index in [0.717, 1.165) is 23.0 Å². The van der Waals surface area contributed by atoms with Crippen LogP contribution in [0.15, 0.2) is 48.5 Å². The van der Waals surface area contributed by atoms with E-state index in [4.69, 9.17) is 4.74 Å². The highest BCUT2D eigenvalue weighted by atomic mass is 19.4. The maximum Gasteiger partial charge on any atom is 0.416 e. The predicted octanol–water partition coefficient (Wildman–Crippen LogP) is 5.81. The van der Waals surface area contributed by atoms with Crippen molar-refractivity contribution < 1.29 is 22.7 Å². The van der Waals surface area contributed by atoms with Crippen LogP contribution in [0.2, 0.25) is 0 Å². The van der Waals surface area contributed by atoms with Crippen molar-refractivity contribution in [1.82, 2.24) is 4.98 Å². The normalized spacial score (nSPS) is 11.8. The molecule has 136 valence electrons. The highest BCUT2D eigenvalue weighted by molar-refractivity contribution is 5.92. The fourth-order valence-corrected chi connectivity index (χ4v) is 2.57. The minimum Gasteiger partial charge on any atom is -0.447 e. The Kier molecular flexibility index (Phi) is 4.63. The van der Waals surface area contributed by atoms with E-state index in [1.807, 2.05) is 6.07 Å². The quantitative estimate of drug-likeness (QED) is 0.618. The third-order valence-electron chi connectivity index (χ3n) is 3.73. The molecule has 0 aliphatic rings. The first-order valence-electron chi connectivity index (χ1n) is 8.00. The van der Waals surface area contributed by atoms with Crippen molar-refractivity contribution >= 4 is 22.7 Å². The summed E-state index contributed by atoms with van der Waals surface area (Å²) in [4.78, 5) is 14.8. The van der Waals surface area contributed by atoms with E-state index in [0.29, 0.717) is 16.9 Å². The summed E-state index contributed by atoms with van der Waals surface area (Å²) in [6, 6.07) is 12.0. The average Bonchev–Trinajstić information content (AvgIpc) is 2.96. The van der Waals surface area contributed by atoms with Gasteiger partial charge in [-0.05, 0) is 55.8 Å². The Morgan fingerprint density at radius 1 is 1.08 bits per heavy atom. The lowest BCUT2D eigenvalue weighted by Crippen LogP contribution is -2.17. The van der Waals surface area contributed by atoms with Crippen LogP contribution in [0.25, 0.3) is 22.2 Å². The lowest BCUT2D eigenvalue weighted by atomic mass is 10.1. The number of H-pyrrole nitrogens is 1. The summed E-state index contributed by atoms with van der Waals surface area (Å²) in [6.07, 6.45) is -5.13. The predicted molar refractivity (Wildman–Crippen MR) is 94.0 cm³/mol. The first-order chi connectivity index (χ1) is 12.2. The van der Waals surface area contributed by atoms with Gasteiger partial charge in [0.25, 0.3) is 0 Å². The second-order valence-electron chi connectivity index (χ2n) is 6.14. The number of amides is 1. The van der Waals surface area contributed by atoms with E-state index >= 15 is 0 Å². The minimum atomic E-state index is -4.36. The van der Waals surface area contributed by atoms with E-state index in [9.17, 15) is 18.0 Å². The van der Waals surface area contributed by atoms with Gasteiger partial charge >= 0.3 is 12.3 Å². The van der Waals surface area contributed by atoms with Crippen molar-refractivity contribution in [1.29, 1.82) is 0 Å². The van der Waals surface area contributed by atoms with Gasteiger partial charge in [0, 0.05) is 22.3 Å². The van der Waals surface area contributed by atoms with Gasteiger partial charge < -0.3 is 9.72 Å². The maximum atomic E-state index is 12.7. The highest BCUT2D eigenvalue weighted by Crippen LogP contribution is 2.32. The van der Waals surface area contributed by atoms with Gasteiger partial charge in [-0.3, -0.25) is 5.32 Å². The zero-order chi connectivity index (χ0) is 18.9. The molecular formula is C19H17F3N2O2. The van der Waals surface area contributed by atoms with Crippen molar-refractivity contribution in [2.24, 2.45) is 0 Å². The van der Waals surface area contributed by atoms with Crippen LogP contribution in [0.1, 0.15) is 19.4 Å². The smallest absolute Gasteiger partial charge is 0.416 e. The van der Waals surface area contributed by atoms with E-state index < -0.39 is 17.8 Å². The Balaban J connectivity index is 1.84. The molecule has 7 heteroatoms. The van der Waals surface area contributed by atoms with Crippen LogP contribution >= 0.6 is 0 Å². The van der Waals surface area contributed by atoms with Gasteiger partial charge in [0.15, 0.2) is 0 Å². The van der Waals surface area contributed by atoms with Crippen LogP contribution < -0.4 is 5.32 Å². The first kappa shape index (κ1) is 17.8. The molecule has 1 aromatic heterocycles. The molecule has 0 atom stereocenters. The molecule has 0 unspecified atom stereocenters.